The minimum atomic E-state index is -0.342. The number of imidazole rings is 1. The number of para-hydroxylation sites is 2. The molecule has 0 bridgehead atoms. The van der Waals surface area contributed by atoms with Gasteiger partial charge < -0.3 is 5.32 Å². The number of aryl methyl sites for hydroxylation is 1. The van der Waals surface area contributed by atoms with Crippen LogP contribution in [-0.4, -0.2) is 29.6 Å². The summed E-state index contributed by atoms with van der Waals surface area (Å²) in [7, 11) is 1.70. The van der Waals surface area contributed by atoms with E-state index in [0.29, 0.717) is 11.5 Å². The van der Waals surface area contributed by atoms with Gasteiger partial charge >= 0.3 is 5.69 Å². The second kappa shape index (κ2) is 6.14. The SMILES string of the molecule is C[C@H](NC(=O)Cn1c(=O)n(C)c2ccccc21)c1nnc2ccccn12. The Morgan fingerprint density at radius 2 is 1.85 bits per heavy atom. The highest BCUT2D eigenvalue weighted by molar-refractivity contribution is 5.81. The van der Waals surface area contributed by atoms with Crippen LogP contribution in [-0.2, 0) is 18.4 Å². The molecule has 26 heavy (non-hydrogen) atoms. The summed E-state index contributed by atoms with van der Waals surface area (Å²) in [6, 6.07) is 12.7. The van der Waals surface area contributed by atoms with Crippen LogP contribution in [0.3, 0.4) is 0 Å². The molecule has 8 heteroatoms. The Morgan fingerprint density at radius 1 is 1.12 bits per heavy atom. The molecule has 0 saturated heterocycles. The van der Waals surface area contributed by atoms with Crippen molar-refractivity contribution in [1.82, 2.24) is 29.0 Å². The Hall–Kier alpha value is -3.42. The molecule has 3 heterocycles. The molecule has 0 aliphatic heterocycles. The van der Waals surface area contributed by atoms with Crippen LogP contribution in [0.1, 0.15) is 18.8 Å². The molecule has 0 unspecified atom stereocenters. The second-order valence-corrected chi connectivity index (χ2v) is 6.19. The zero-order valence-corrected chi connectivity index (χ0v) is 14.5. The number of carbonyl (C=O) groups is 1. The van der Waals surface area contributed by atoms with Crippen molar-refractivity contribution >= 4 is 22.6 Å². The molecule has 0 spiro atoms. The third kappa shape index (κ3) is 2.55. The van der Waals surface area contributed by atoms with E-state index in [9.17, 15) is 9.59 Å². The predicted octanol–water partition coefficient (Wildman–Crippen LogP) is 1.26. The van der Waals surface area contributed by atoms with Crippen LogP contribution in [0.4, 0.5) is 0 Å². The van der Waals surface area contributed by atoms with Crippen molar-refractivity contribution in [3.63, 3.8) is 0 Å². The highest BCUT2D eigenvalue weighted by Crippen LogP contribution is 2.13. The molecule has 1 N–H and O–H groups in total. The van der Waals surface area contributed by atoms with Crippen LogP contribution >= 0.6 is 0 Å². The monoisotopic (exact) mass is 350 g/mol. The number of carbonyl (C=O) groups excluding carboxylic acids is 1. The molecule has 132 valence electrons. The number of nitrogens with zero attached hydrogens (tertiary/aromatic N) is 5. The van der Waals surface area contributed by atoms with Crippen LogP contribution in [0, 0.1) is 0 Å². The van der Waals surface area contributed by atoms with Crippen molar-refractivity contribution in [1.29, 1.82) is 0 Å². The van der Waals surface area contributed by atoms with Gasteiger partial charge in [-0.25, -0.2) is 4.79 Å². The largest absolute Gasteiger partial charge is 0.345 e. The number of rotatable bonds is 4. The average molecular weight is 350 g/mol. The maximum atomic E-state index is 12.5. The molecule has 0 aliphatic rings. The van der Waals surface area contributed by atoms with Gasteiger partial charge in [-0.15, -0.1) is 10.2 Å². The number of amides is 1. The third-order valence-corrected chi connectivity index (χ3v) is 4.46. The van der Waals surface area contributed by atoms with Gasteiger partial charge in [-0.3, -0.25) is 18.3 Å². The number of aromatic nitrogens is 5. The maximum Gasteiger partial charge on any atom is 0.329 e. The smallest absolute Gasteiger partial charge is 0.329 e. The van der Waals surface area contributed by atoms with E-state index in [1.54, 1.807) is 7.05 Å². The van der Waals surface area contributed by atoms with Gasteiger partial charge in [-0.1, -0.05) is 18.2 Å². The van der Waals surface area contributed by atoms with Crippen molar-refractivity contribution in [2.75, 3.05) is 0 Å². The van der Waals surface area contributed by atoms with E-state index in [2.05, 4.69) is 15.5 Å². The first-order valence-corrected chi connectivity index (χ1v) is 8.29. The molecule has 0 radical (unpaired) electrons. The fourth-order valence-electron chi connectivity index (χ4n) is 3.17. The highest BCUT2D eigenvalue weighted by Gasteiger charge is 2.18. The lowest BCUT2D eigenvalue weighted by molar-refractivity contribution is -0.122. The van der Waals surface area contributed by atoms with E-state index in [1.165, 1.54) is 9.13 Å². The molecular weight excluding hydrogens is 332 g/mol. The Bertz CT molecular complexity index is 1170. The maximum absolute atomic E-state index is 12.5. The van der Waals surface area contributed by atoms with E-state index in [4.69, 9.17) is 0 Å². The molecular formula is C18H18N6O2. The van der Waals surface area contributed by atoms with Crippen molar-refractivity contribution in [3.05, 3.63) is 65.0 Å². The van der Waals surface area contributed by atoms with Gasteiger partial charge in [0.25, 0.3) is 0 Å². The number of hydrogen-bond donors (Lipinski definition) is 1. The summed E-state index contributed by atoms with van der Waals surface area (Å²) in [5.41, 5.74) is 2.02. The van der Waals surface area contributed by atoms with Crippen molar-refractivity contribution in [2.45, 2.75) is 19.5 Å². The second-order valence-electron chi connectivity index (χ2n) is 6.19. The Labute approximate surface area is 148 Å². The van der Waals surface area contributed by atoms with E-state index < -0.39 is 0 Å². The lowest BCUT2D eigenvalue weighted by atomic mass is 10.3. The van der Waals surface area contributed by atoms with Gasteiger partial charge in [0, 0.05) is 13.2 Å². The first kappa shape index (κ1) is 16.1. The number of pyridine rings is 1. The van der Waals surface area contributed by atoms with Gasteiger partial charge in [0.1, 0.15) is 6.54 Å². The fourth-order valence-corrected chi connectivity index (χ4v) is 3.17. The molecule has 0 aliphatic carbocycles. The molecule has 1 aromatic carbocycles. The number of benzene rings is 1. The van der Waals surface area contributed by atoms with Crippen LogP contribution in [0.15, 0.2) is 53.5 Å². The van der Waals surface area contributed by atoms with Crippen LogP contribution in [0.2, 0.25) is 0 Å². The summed E-state index contributed by atoms with van der Waals surface area (Å²) in [4.78, 5) is 25.0. The van der Waals surface area contributed by atoms with Crippen LogP contribution in [0.5, 0.6) is 0 Å². The first-order chi connectivity index (χ1) is 12.6. The summed E-state index contributed by atoms with van der Waals surface area (Å²) in [6.45, 7) is 1.79. The minimum absolute atomic E-state index is 0.0543. The summed E-state index contributed by atoms with van der Waals surface area (Å²) in [5.74, 6) is 0.378. The summed E-state index contributed by atoms with van der Waals surface area (Å²) < 4.78 is 4.84. The first-order valence-electron chi connectivity index (χ1n) is 8.29. The number of hydrogen-bond acceptors (Lipinski definition) is 4. The van der Waals surface area contributed by atoms with Crippen molar-refractivity contribution in [3.8, 4) is 0 Å². The molecule has 1 atom stereocenters. The van der Waals surface area contributed by atoms with Crippen LogP contribution in [0.25, 0.3) is 16.7 Å². The lowest BCUT2D eigenvalue weighted by Gasteiger charge is -2.12. The third-order valence-electron chi connectivity index (χ3n) is 4.46. The van der Waals surface area contributed by atoms with Crippen molar-refractivity contribution in [2.24, 2.45) is 7.05 Å². The zero-order chi connectivity index (χ0) is 18.3. The number of nitrogens with one attached hydrogen (secondary N) is 1. The summed E-state index contributed by atoms with van der Waals surface area (Å²) in [6.07, 6.45) is 1.85. The van der Waals surface area contributed by atoms with Gasteiger partial charge in [0.2, 0.25) is 5.91 Å². The summed E-state index contributed by atoms with van der Waals surface area (Å²) in [5, 5.41) is 11.1. The topological polar surface area (TPSA) is 86.2 Å². The normalized spacial score (nSPS) is 12.5. The number of fused-ring (bicyclic) bond motifs is 2. The zero-order valence-electron chi connectivity index (χ0n) is 14.5. The standard InChI is InChI=1S/C18H18N6O2/c1-12(17-21-20-15-9-5-6-10-23(15)17)19-16(25)11-24-14-8-4-3-7-13(14)22(2)18(24)26/h3-10,12H,11H2,1-2H3,(H,19,25)/t12-/m0/s1. The fraction of sp³-hybridized carbons (Fsp3) is 0.222. The van der Waals surface area contributed by atoms with E-state index in [-0.39, 0.29) is 24.2 Å². The van der Waals surface area contributed by atoms with E-state index >= 15 is 0 Å². The van der Waals surface area contributed by atoms with E-state index in [1.807, 2.05) is 60.0 Å². The molecule has 1 amide bonds. The minimum Gasteiger partial charge on any atom is -0.345 e. The predicted molar refractivity (Wildman–Crippen MR) is 96.7 cm³/mol. The van der Waals surface area contributed by atoms with E-state index in [0.717, 1.165) is 11.0 Å². The molecule has 3 aromatic heterocycles. The quantitative estimate of drug-likeness (QED) is 0.600. The van der Waals surface area contributed by atoms with Crippen molar-refractivity contribution < 1.29 is 4.79 Å². The summed E-state index contributed by atoms with van der Waals surface area (Å²) >= 11 is 0. The van der Waals surface area contributed by atoms with Crippen LogP contribution < -0.4 is 11.0 Å². The van der Waals surface area contributed by atoms with Gasteiger partial charge in [-0.05, 0) is 31.2 Å². The Kier molecular flexibility index (Phi) is 3.80. The molecule has 0 saturated carbocycles. The molecule has 4 rings (SSSR count). The average Bonchev–Trinajstić information content (AvgIpc) is 3.18. The Morgan fingerprint density at radius 3 is 2.65 bits per heavy atom. The lowest BCUT2D eigenvalue weighted by Crippen LogP contribution is -2.34. The Balaban J connectivity index is 1.58. The molecule has 4 aromatic rings. The van der Waals surface area contributed by atoms with Gasteiger partial charge in [0.05, 0.1) is 17.1 Å². The van der Waals surface area contributed by atoms with Gasteiger partial charge in [0.15, 0.2) is 11.5 Å². The molecule has 8 nitrogen and oxygen atoms in total. The van der Waals surface area contributed by atoms with Gasteiger partial charge in [-0.2, -0.15) is 0 Å². The molecule has 0 fully saturated rings. The highest BCUT2D eigenvalue weighted by atomic mass is 16.2.